The molecule has 2 aromatic carbocycles. The van der Waals surface area contributed by atoms with E-state index < -0.39 is 0 Å². The molecule has 0 heterocycles. The van der Waals surface area contributed by atoms with E-state index in [2.05, 4.69) is 0 Å². The van der Waals surface area contributed by atoms with E-state index in [9.17, 15) is 4.79 Å². The van der Waals surface area contributed by atoms with Crippen molar-refractivity contribution in [2.45, 2.75) is 12.8 Å². The molecule has 0 aliphatic heterocycles. The summed E-state index contributed by atoms with van der Waals surface area (Å²) in [6.07, 6.45) is 0. The van der Waals surface area contributed by atoms with E-state index in [1.54, 1.807) is 7.11 Å². The number of hydrogen-bond donors (Lipinski definition) is 0. The Morgan fingerprint density at radius 3 is 2.61 bits per heavy atom. The first-order chi connectivity index (χ1) is 8.67. The zero-order chi connectivity index (χ0) is 13.1. The van der Waals surface area contributed by atoms with Crippen LogP contribution in [0.15, 0.2) is 36.4 Å². The Labute approximate surface area is 106 Å². The standard InChI is InChI=1S/C15H16O3/c1-10(15(16)18-3)13-6-4-5-11-7-8-12(17-2)9-14(11)13/h4-10H,1-3H3. The average Bonchev–Trinajstić information content (AvgIpc) is 2.44. The Balaban J connectivity index is 2.59. The van der Waals surface area contributed by atoms with Crippen molar-refractivity contribution in [2.75, 3.05) is 14.2 Å². The van der Waals surface area contributed by atoms with Crippen molar-refractivity contribution in [3.63, 3.8) is 0 Å². The highest BCUT2D eigenvalue weighted by atomic mass is 16.5. The van der Waals surface area contributed by atoms with E-state index in [1.807, 2.05) is 43.3 Å². The molecule has 1 unspecified atom stereocenters. The van der Waals surface area contributed by atoms with Crippen LogP contribution in [0.4, 0.5) is 0 Å². The smallest absolute Gasteiger partial charge is 0.312 e. The third kappa shape index (κ3) is 2.16. The Morgan fingerprint density at radius 2 is 1.94 bits per heavy atom. The summed E-state index contributed by atoms with van der Waals surface area (Å²) < 4.78 is 10.0. The van der Waals surface area contributed by atoms with Gasteiger partial charge in [0.15, 0.2) is 0 Å². The van der Waals surface area contributed by atoms with Crippen LogP contribution >= 0.6 is 0 Å². The number of esters is 1. The van der Waals surface area contributed by atoms with Gasteiger partial charge in [-0.05, 0) is 35.4 Å². The summed E-state index contributed by atoms with van der Waals surface area (Å²) in [5.74, 6) is 0.267. The predicted octanol–water partition coefficient (Wildman–Crippen LogP) is 3.12. The van der Waals surface area contributed by atoms with Gasteiger partial charge in [0.05, 0.1) is 20.1 Å². The van der Waals surface area contributed by atoms with E-state index in [0.717, 1.165) is 22.1 Å². The highest BCUT2D eigenvalue weighted by Crippen LogP contribution is 2.29. The third-order valence-corrected chi connectivity index (χ3v) is 3.14. The third-order valence-electron chi connectivity index (χ3n) is 3.14. The van der Waals surface area contributed by atoms with Crippen molar-refractivity contribution < 1.29 is 14.3 Å². The second kappa shape index (κ2) is 5.08. The minimum Gasteiger partial charge on any atom is -0.497 e. The molecule has 0 spiro atoms. The summed E-state index contributed by atoms with van der Waals surface area (Å²) in [6, 6.07) is 11.8. The van der Waals surface area contributed by atoms with Crippen LogP contribution in [-0.2, 0) is 9.53 Å². The summed E-state index contributed by atoms with van der Waals surface area (Å²) in [6.45, 7) is 1.85. The van der Waals surface area contributed by atoms with Gasteiger partial charge in [-0.3, -0.25) is 4.79 Å². The van der Waals surface area contributed by atoms with Crippen LogP contribution in [0, 0.1) is 0 Å². The number of ether oxygens (including phenoxy) is 2. The molecule has 0 radical (unpaired) electrons. The van der Waals surface area contributed by atoms with Crippen molar-refractivity contribution in [2.24, 2.45) is 0 Å². The number of benzene rings is 2. The SMILES string of the molecule is COC(=O)C(C)c1cccc2ccc(OC)cc12. The molecule has 0 saturated carbocycles. The van der Waals surface area contributed by atoms with Crippen LogP contribution in [0.5, 0.6) is 5.75 Å². The monoisotopic (exact) mass is 244 g/mol. The molecule has 0 bridgehead atoms. The number of carbonyl (C=O) groups excluding carboxylic acids is 1. The molecule has 1 atom stereocenters. The zero-order valence-corrected chi connectivity index (χ0v) is 10.8. The maximum Gasteiger partial charge on any atom is 0.312 e. The minimum atomic E-state index is -0.286. The van der Waals surface area contributed by atoms with Crippen LogP contribution in [0.3, 0.4) is 0 Å². The molecule has 0 aromatic heterocycles. The van der Waals surface area contributed by atoms with Gasteiger partial charge in [0.25, 0.3) is 0 Å². The van der Waals surface area contributed by atoms with Gasteiger partial charge in [-0.25, -0.2) is 0 Å². The molecule has 0 aliphatic carbocycles. The second-order valence-electron chi connectivity index (χ2n) is 4.18. The van der Waals surface area contributed by atoms with Crippen LogP contribution < -0.4 is 4.74 Å². The number of fused-ring (bicyclic) bond motifs is 1. The van der Waals surface area contributed by atoms with Gasteiger partial charge >= 0.3 is 5.97 Å². The molecule has 3 nitrogen and oxygen atoms in total. The lowest BCUT2D eigenvalue weighted by molar-refractivity contribution is -0.141. The predicted molar refractivity (Wildman–Crippen MR) is 70.9 cm³/mol. The first kappa shape index (κ1) is 12.4. The number of hydrogen-bond acceptors (Lipinski definition) is 3. The van der Waals surface area contributed by atoms with Gasteiger partial charge in [0, 0.05) is 0 Å². The molecule has 0 saturated heterocycles. The molecule has 0 fully saturated rings. The Morgan fingerprint density at radius 1 is 1.17 bits per heavy atom. The lowest BCUT2D eigenvalue weighted by Gasteiger charge is -2.13. The zero-order valence-electron chi connectivity index (χ0n) is 10.8. The van der Waals surface area contributed by atoms with E-state index >= 15 is 0 Å². The van der Waals surface area contributed by atoms with Crippen molar-refractivity contribution >= 4 is 16.7 Å². The highest BCUT2D eigenvalue weighted by Gasteiger charge is 2.18. The summed E-state index contributed by atoms with van der Waals surface area (Å²) in [5, 5.41) is 2.11. The maximum atomic E-state index is 11.7. The van der Waals surface area contributed by atoms with Gasteiger partial charge in [0.1, 0.15) is 5.75 Å². The van der Waals surface area contributed by atoms with Gasteiger partial charge in [0.2, 0.25) is 0 Å². The van der Waals surface area contributed by atoms with Crippen LogP contribution in [0.25, 0.3) is 10.8 Å². The number of rotatable bonds is 3. The highest BCUT2D eigenvalue weighted by molar-refractivity contribution is 5.91. The topological polar surface area (TPSA) is 35.5 Å². The van der Waals surface area contributed by atoms with Gasteiger partial charge < -0.3 is 9.47 Å². The van der Waals surface area contributed by atoms with E-state index in [0.29, 0.717) is 0 Å². The van der Waals surface area contributed by atoms with Crippen molar-refractivity contribution in [3.8, 4) is 5.75 Å². The molecular weight excluding hydrogens is 228 g/mol. The fraction of sp³-hybridized carbons (Fsp3) is 0.267. The van der Waals surface area contributed by atoms with Crippen LogP contribution in [0.1, 0.15) is 18.4 Å². The molecule has 0 aliphatic rings. The van der Waals surface area contributed by atoms with Crippen LogP contribution in [0.2, 0.25) is 0 Å². The summed E-state index contributed by atoms with van der Waals surface area (Å²) in [5.41, 5.74) is 0.957. The van der Waals surface area contributed by atoms with E-state index in [-0.39, 0.29) is 11.9 Å². The Hall–Kier alpha value is -2.03. The fourth-order valence-electron chi connectivity index (χ4n) is 2.08. The van der Waals surface area contributed by atoms with Crippen molar-refractivity contribution in [3.05, 3.63) is 42.0 Å². The second-order valence-corrected chi connectivity index (χ2v) is 4.18. The minimum absolute atomic E-state index is 0.231. The first-order valence-corrected chi connectivity index (χ1v) is 5.82. The summed E-state index contributed by atoms with van der Waals surface area (Å²) in [4.78, 5) is 11.7. The fourth-order valence-corrected chi connectivity index (χ4v) is 2.08. The lowest BCUT2D eigenvalue weighted by atomic mass is 9.95. The quantitative estimate of drug-likeness (QED) is 0.778. The number of methoxy groups -OCH3 is 2. The Kier molecular flexibility index (Phi) is 3.51. The first-order valence-electron chi connectivity index (χ1n) is 5.82. The van der Waals surface area contributed by atoms with Crippen molar-refractivity contribution in [1.29, 1.82) is 0 Å². The molecular formula is C15H16O3. The van der Waals surface area contributed by atoms with Crippen molar-refractivity contribution in [1.82, 2.24) is 0 Å². The molecule has 3 heteroatoms. The maximum absolute atomic E-state index is 11.7. The molecule has 18 heavy (non-hydrogen) atoms. The molecule has 2 aromatic rings. The Bertz CT molecular complexity index is 575. The van der Waals surface area contributed by atoms with Gasteiger partial charge in [-0.1, -0.05) is 24.3 Å². The molecule has 0 N–H and O–H groups in total. The largest absolute Gasteiger partial charge is 0.497 e. The molecule has 94 valence electrons. The molecule has 0 amide bonds. The van der Waals surface area contributed by atoms with E-state index in [4.69, 9.17) is 9.47 Å². The summed E-state index contributed by atoms with van der Waals surface area (Å²) in [7, 11) is 3.04. The van der Waals surface area contributed by atoms with Crippen LogP contribution in [-0.4, -0.2) is 20.2 Å². The lowest BCUT2D eigenvalue weighted by Crippen LogP contribution is -2.11. The molecule has 2 rings (SSSR count). The number of carbonyl (C=O) groups is 1. The normalized spacial score (nSPS) is 12.2. The average molecular weight is 244 g/mol. The van der Waals surface area contributed by atoms with Gasteiger partial charge in [-0.15, -0.1) is 0 Å². The summed E-state index contributed by atoms with van der Waals surface area (Å²) >= 11 is 0. The van der Waals surface area contributed by atoms with Gasteiger partial charge in [-0.2, -0.15) is 0 Å². The van der Waals surface area contributed by atoms with E-state index in [1.165, 1.54) is 7.11 Å².